The second-order valence-electron chi connectivity index (χ2n) is 10.9. The Bertz CT molecular complexity index is 1160. The van der Waals surface area contributed by atoms with Crippen molar-refractivity contribution in [2.75, 3.05) is 0 Å². The largest absolute Gasteiger partial charge is 0.456 e. The highest BCUT2D eigenvalue weighted by Gasteiger charge is 2.72. The van der Waals surface area contributed by atoms with Crippen LogP contribution in [-0.4, -0.2) is 65.4 Å². The summed E-state index contributed by atoms with van der Waals surface area (Å²) in [7, 11) is 0. The van der Waals surface area contributed by atoms with E-state index in [-0.39, 0.29) is 6.42 Å². The number of rotatable bonds is 7. The number of ketones is 1. The van der Waals surface area contributed by atoms with E-state index in [1.165, 1.54) is 0 Å². The van der Waals surface area contributed by atoms with Crippen molar-refractivity contribution in [1.29, 1.82) is 0 Å². The zero-order valence-corrected chi connectivity index (χ0v) is 24.3. The van der Waals surface area contributed by atoms with E-state index in [0.717, 1.165) is 0 Å². The van der Waals surface area contributed by atoms with Gasteiger partial charge in [0.2, 0.25) is 5.78 Å². The minimum Gasteiger partial charge on any atom is -0.456 e. The molecule has 0 bridgehead atoms. The SMILES string of the molecule is C=C(C)[C@H]1[C@H](OC(=O)/C(C)=C\C)[C@@H]2O[C@]2(C)[C@H](OC(=O)/C(C)=C\C)C[C@H]2O[C@]2(C)C(=O)[C@H]1OC(=O)/C(C)=C\C. The molecule has 3 aliphatic rings. The van der Waals surface area contributed by atoms with Crippen molar-refractivity contribution in [2.24, 2.45) is 5.92 Å². The van der Waals surface area contributed by atoms with Gasteiger partial charge in [0.05, 0.1) is 12.0 Å². The van der Waals surface area contributed by atoms with Crippen LogP contribution in [0.1, 0.15) is 68.7 Å². The lowest BCUT2D eigenvalue weighted by Crippen LogP contribution is -2.52. The Labute approximate surface area is 230 Å². The van der Waals surface area contributed by atoms with Crippen LogP contribution in [0.5, 0.6) is 0 Å². The Morgan fingerprint density at radius 1 is 0.846 bits per heavy atom. The molecule has 0 unspecified atom stereocenters. The van der Waals surface area contributed by atoms with Crippen LogP contribution in [0.2, 0.25) is 0 Å². The van der Waals surface area contributed by atoms with Crippen LogP contribution in [-0.2, 0) is 42.9 Å². The number of carbonyl (C=O) groups excluding carboxylic acids is 4. The predicted molar refractivity (Wildman–Crippen MR) is 142 cm³/mol. The van der Waals surface area contributed by atoms with Gasteiger partial charge in [-0.2, -0.15) is 0 Å². The Balaban J connectivity index is 2.14. The first-order valence-electron chi connectivity index (χ1n) is 13.2. The van der Waals surface area contributed by atoms with Gasteiger partial charge in [0.1, 0.15) is 23.9 Å². The number of carbonyl (C=O) groups is 4. The Morgan fingerprint density at radius 3 is 1.82 bits per heavy atom. The molecule has 0 N–H and O–H groups in total. The zero-order chi connectivity index (χ0) is 29.4. The van der Waals surface area contributed by atoms with Crippen molar-refractivity contribution in [3.05, 3.63) is 47.1 Å². The molecule has 8 atom stereocenters. The number of Topliss-reactive ketones (excluding diaryl/α,β-unsaturated/α-hetero) is 1. The van der Waals surface area contributed by atoms with Gasteiger partial charge in [-0.05, 0) is 62.3 Å². The summed E-state index contributed by atoms with van der Waals surface area (Å²) < 4.78 is 29.7. The second-order valence-corrected chi connectivity index (χ2v) is 10.9. The normalized spacial score (nSPS) is 36.6. The summed E-state index contributed by atoms with van der Waals surface area (Å²) in [6, 6.07) is 0. The summed E-state index contributed by atoms with van der Waals surface area (Å²) in [4.78, 5) is 52.7. The van der Waals surface area contributed by atoms with Crippen LogP contribution in [0.3, 0.4) is 0 Å². The fraction of sp³-hybridized carbons (Fsp3) is 0.600. The molecule has 2 aliphatic heterocycles. The first kappa shape index (κ1) is 30.5. The molecule has 0 radical (unpaired) electrons. The average Bonchev–Trinajstić information content (AvgIpc) is 3.78. The second kappa shape index (κ2) is 11.2. The van der Waals surface area contributed by atoms with Crippen LogP contribution < -0.4 is 0 Å². The molecule has 9 heteroatoms. The molecule has 9 nitrogen and oxygen atoms in total. The van der Waals surface area contributed by atoms with E-state index in [9.17, 15) is 19.2 Å². The van der Waals surface area contributed by atoms with Crippen molar-refractivity contribution >= 4 is 23.7 Å². The third kappa shape index (κ3) is 5.79. The van der Waals surface area contributed by atoms with E-state index >= 15 is 0 Å². The van der Waals surface area contributed by atoms with Crippen LogP contribution in [0.4, 0.5) is 0 Å². The molecule has 0 amide bonds. The van der Waals surface area contributed by atoms with Gasteiger partial charge in [0.15, 0.2) is 11.7 Å². The maximum absolute atomic E-state index is 14.0. The van der Waals surface area contributed by atoms with Crippen molar-refractivity contribution < 1.29 is 42.9 Å². The molecule has 0 spiro atoms. The van der Waals surface area contributed by atoms with Gasteiger partial charge in [0.25, 0.3) is 0 Å². The fourth-order valence-corrected chi connectivity index (χ4v) is 4.84. The third-order valence-corrected chi connectivity index (χ3v) is 8.19. The van der Waals surface area contributed by atoms with Gasteiger partial charge in [-0.3, -0.25) is 4.79 Å². The molecule has 0 aromatic heterocycles. The quantitative estimate of drug-likeness (QED) is 0.153. The number of esters is 3. The Hall–Kier alpha value is -3.04. The first-order chi connectivity index (χ1) is 18.2. The highest BCUT2D eigenvalue weighted by Crippen LogP contribution is 2.53. The van der Waals surface area contributed by atoms with Crippen molar-refractivity contribution in [1.82, 2.24) is 0 Å². The van der Waals surface area contributed by atoms with E-state index < -0.39 is 71.3 Å². The summed E-state index contributed by atoms with van der Waals surface area (Å²) in [6.45, 7) is 19.1. The minimum atomic E-state index is -1.36. The Morgan fingerprint density at radius 2 is 1.33 bits per heavy atom. The fourth-order valence-electron chi connectivity index (χ4n) is 4.84. The average molecular weight is 545 g/mol. The molecule has 3 fully saturated rings. The maximum Gasteiger partial charge on any atom is 0.334 e. The number of fused-ring (bicyclic) bond motifs is 2. The first-order valence-corrected chi connectivity index (χ1v) is 13.2. The van der Waals surface area contributed by atoms with E-state index in [4.69, 9.17) is 23.7 Å². The van der Waals surface area contributed by atoms with E-state index in [1.54, 1.807) is 80.5 Å². The van der Waals surface area contributed by atoms with Crippen LogP contribution in [0.15, 0.2) is 47.1 Å². The molecular formula is C30H40O9. The van der Waals surface area contributed by atoms with Gasteiger partial charge in [-0.25, -0.2) is 14.4 Å². The Kier molecular flexibility index (Phi) is 8.77. The number of hydrogen-bond acceptors (Lipinski definition) is 9. The van der Waals surface area contributed by atoms with Crippen LogP contribution >= 0.6 is 0 Å². The standard InChI is InChI=1S/C30H40O9/c1-11-16(6)26(32)35-19-14-20-29(9,38-20)24(31)22(36-27(33)17(7)12-2)21(15(4)5)23(25-30(19,10)39-25)37-28(34)18(8)13-3/h11-13,19-23,25H,4,14H2,1-3,5-10H3/b16-11-,17-12-,18-13-/t19-,20-,21-,22+,23+,25+,29+,30-/m1/s1. The van der Waals surface area contributed by atoms with Crippen LogP contribution in [0, 0.1) is 5.92 Å². The van der Waals surface area contributed by atoms with E-state index in [0.29, 0.717) is 22.3 Å². The zero-order valence-electron chi connectivity index (χ0n) is 24.3. The highest BCUT2D eigenvalue weighted by atomic mass is 16.7. The summed E-state index contributed by atoms with van der Waals surface area (Å²) >= 11 is 0. The van der Waals surface area contributed by atoms with E-state index in [2.05, 4.69) is 6.58 Å². The molecule has 0 aromatic rings. The van der Waals surface area contributed by atoms with Gasteiger partial charge in [-0.1, -0.05) is 30.4 Å². The van der Waals surface area contributed by atoms with Crippen LogP contribution in [0.25, 0.3) is 0 Å². The minimum absolute atomic E-state index is 0.166. The summed E-state index contributed by atoms with van der Waals surface area (Å²) in [5, 5.41) is 0. The van der Waals surface area contributed by atoms with Gasteiger partial charge >= 0.3 is 17.9 Å². The lowest BCUT2D eigenvalue weighted by Gasteiger charge is -2.35. The van der Waals surface area contributed by atoms with Gasteiger partial charge < -0.3 is 23.7 Å². The van der Waals surface area contributed by atoms with E-state index in [1.807, 2.05) is 0 Å². The number of epoxide rings is 2. The number of ether oxygens (including phenoxy) is 5. The molecule has 39 heavy (non-hydrogen) atoms. The van der Waals surface area contributed by atoms with Crippen molar-refractivity contribution in [3.63, 3.8) is 0 Å². The molecule has 2 saturated heterocycles. The molecule has 3 rings (SSSR count). The summed E-state index contributed by atoms with van der Waals surface area (Å²) in [6.07, 6.45) is 0.378. The number of allylic oxidation sites excluding steroid dienone is 3. The lowest BCUT2D eigenvalue weighted by atomic mass is 9.77. The molecular weight excluding hydrogens is 504 g/mol. The van der Waals surface area contributed by atoms with Crippen molar-refractivity contribution in [3.8, 4) is 0 Å². The third-order valence-electron chi connectivity index (χ3n) is 8.19. The molecule has 214 valence electrons. The maximum atomic E-state index is 14.0. The summed E-state index contributed by atoms with van der Waals surface area (Å²) in [5.41, 5.74) is -0.837. The monoisotopic (exact) mass is 544 g/mol. The smallest absolute Gasteiger partial charge is 0.334 e. The molecule has 2 heterocycles. The molecule has 0 aromatic carbocycles. The topological polar surface area (TPSA) is 121 Å². The van der Waals surface area contributed by atoms with Gasteiger partial charge in [0, 0.05) is 23.1 Å². The molecule has 1 aliphatic carbocycles. The molecule has 1 saturated carbocycles. The van der Waals surface area contributed by atoms with Gasteiger partial charge in [-0.15, -0.1) is 0 Å². The lowest BCUT2D eigenvalue weighted by molar-refractivity contribution is -0.164. The summed E-state index contributed by atoms with van der Waals surface area (Å²) in [5.74, 6) is -3.26. The predicted octanol–water partition coefficient (Wildman–Crippen LogP) is 4.10. The van der Waals surface area contributed by atoms with Crippen molar-refractivity contribution in [2.45, 2.75) is 110 Å². The number of hydrogen-bond donors (Lipinski definition) is 0. The highest BCUT2D eigenvalue weighted by molar-refractivity contribution is 5.98.